The molecule has 1 aliphatic rings. The van der Waals surface area contributed by atoms with E-state index in [9.17, 15) is 8.42 Å². The summed E-state index contributed by atoms with van der Waals surface area (Å²) in [7, 11) is -3.05. The van der Waals surface area contributed by atoms with Gasteiger partial charge in [-0.15, -0.1) is 0 Å². The van der Waals surface area contributed by atoms with Crippen LogP contribution < -0.4 is 4.74 Å². The molecule has 3 rings (SSSR count). The minimum Gasteiger partial charge on any atom is -0.492 e. The van der Waals surface area contributed by atoms with Gasteiger partial charge in [0.1, 0.15) is 5.75 Å². The fourth-order valence-corrected chi connectivity index (χ4v) is 3.77. The third-order valence-corrected chi connectivity index (χ3v) is 5.65. The van der Waals surface area contributed by atoms with Crippen LogP contribution in [0.1, 0.15) is 19.3 Å². The molecule has 1 aliphatic heterocycles. The molecule has 3 heterocycles. The lowest BCUT2D eigenvalue weighted by atomic mass is 9.95. The second-order valence-corrected chi connectivity index (χ2v) is 8.07. The van der Waals surface area contributed by atoms with Crippen molar-refractivity contribution in [2.24, 2.45) is 5.92 Å². The highest BCUT2D eigenvalue weighted by Gasteiger charge is 2.24. The van der Waals surface area contributed by atoms with Crippen molar-refractivity contribution in [3.63, 3.8) is 0 Å². The lowest BCUT2D eigenvalue weighted by molar-refractivity contribution is 0.219. The molecule has 0 atom stereocenters. The quantitative estimate of drug-likeness (QED) is 0.860. The van der Waals surface area contributed by atoms with Crippen molar-refractivity contribution in [3.05, 3.63) is 30.6 Å². The summed E-state index contributed by atoms with van der Waals surface area (Å²) in [6.45, 7) is 1.85. The average Bonchev–Trinajstić information content (AvgIpc) is 3.10. The molecule has 0 saturated carbocycles. The number of aromatic nitrogens is 3. The van der Waals surface area contributed by atoms with Gasteiger partial charge in [0.05, 0.1) is 30.4 Å². The number of aromatic amines is 1. The van der Waals surface area contributed by atoms with Gasteiger partial charge in [-0.05, 0) is 43.4 Å². The highest BCUT2D eigenvalue weighted by atomic mass is 32.2. The molecule has 0 bridgehead atoms. The highest BCUT2D eigenvalue weighted by Crippen LogP contribution is 2.23. The van der Waals surface area contributed by atoms with Crippen molar-refractivity contribution >= 4 is 10.0 Å². The molecule has 0 aliphatic carbocycles. The second-order valence-electron chi connectivity index (χ2n) is 6.09. The van der Waals surface area contributed by atoms with Gasteiger partial charge in [-0.25, -0.2) is 12.7 Å². The minimum atomic E-state index is -3.05. The van der Waals surface area contributed by atoms with E-state index in [1.807, 2.05) is 18.2 Å². The Morgan fingerprint density at radius 3 is 2.67 bits per heavy atom. The van der Waals surface area contributed by atoms with Gasteiger partial charge in [-0.2, -0.15) is 5.10 Å². The number of hydrogen-bond acceptors (Lipinski definition) is 5. The maximum absolute atomic E-state index is 11.5. The molecule has 0 amide bonds. The van der Waals surface area contributed by atoms with Crippen LogP contribution in [0.25, 0.3) is 11.4 Å². The molecule has 1 N–H and O–H groups in total. The van der Waals surface area contributed by atoms with Crippen LogP contribution in [0.15, 0.2) is 30.6 Å². The molecular formula is C16H22N4O3S. The Morgan fingerprint density at radius 2 is 2.08 bits per heavy atom. The molecule has 0 radical (unpaired) electrons. The van der Waals surface area contributed by atoms with Gasteiger partial charge in [0, 0.05) is 19.3 Å². The fourth-order valence-electron chi connectivity index (χ4n) is 2.90. The largest absolute Gasteiger partial charge is 0.492 e. The lowest BCUT2D eigenvalue weighted by Gasteiger charge is -2.30. The number of nitrogens with one attached hydrogen (secondary N) is 1. The maximum Gasteiger partial charge on any atom is 0.211 e. The summed E-state index contributed by atoms with van der Waals surface area (Å²) in [6, 6.07) is 5.66. The normalized spacial score (nSPS) is 17.0. The summed E-state index contributed by atoms with van der Waals surface area (Å²) >= 11 is 0. The third kappa shape index (κ3) is 4.33. The molecule has 130 valence electrons. The zero-order valence-electron chi connectivity index (χ0n) is 13.7. The Bertz CT molecular complexity index is 736. The molecule has 24 heavy (non-hydrogen) atoms. The first kappa shape index (κ1) is 16.9. The molecule has 1 saturated heterocycles. The lowest BCUT2D eigenvalue weighted by Crippen LogP contribution is -2.38. The molecule has 0 aromatic carbocycles. The summed E-state index contributed by atoms with van der Waals surface area (Å²) in [4.78, 5) is 4.35. The van der Waals surface area contributed by atoms with Crippen molar-refractivity contribution in [2.75, 3.05) is 26.0 Å². The van der Waals surface area contributed by atoms with E-state index in [-0.39, 0.29) is 0 Å². The van der Waals surface area contributed by atoms with Crippen molar-refractivity contribution in [1.82, 2.24) is 19.5 Å². The molecule has 1 fully saturated rings. The van der Waals surface area contributed by atoms with Crippen LogP contribution >= 0.6 is 0 Å². The van der Waals surface area contributed by atoms with E-state index >= 15 is 0 Å². The van der Waals surface area contributed by atoms with E-state index in [4.69, 9.17) is 4.74 Å². The van der Waals surface area contributed by atoms with Crippen LogP contribution in [0.2, 0.25) is 0 Å². The predicted octanol–water partition coefficient (Wildman–Crippen LogP) is 1.91. The first-order valence-corrected chi connectivity index (χ1v) is 9.91. The number of pyridine rings is 1. The van der Waals surface area contributed by atoms with Gasteiger partial charge in [0.25, 0.3) is 0 Å². The summed E-state index contributed by atoms with van der Waals surface area (Å²) in [5.74, 6) is 1.26. The first-order valence-electron chi connectivity index (χ1n) is 8.06. The molecular weight excluding hydrogens is 328 g/mol. The molecule has 2 aromatic rings. The van der Waals surface area contributed by atoms with Crippen LogP contribution in [0.3, 0.4) is 0 Å². The Kier molecular flexibility index (Phi) is 5.15. The Morgan fingerprint density at radius 1 is 1.29 bits per heavy atom. The maximum atomic E-state index is 11.5. The van der Waals surface area contributed by atoms with Crippen molar-refractivity contribution < 1.29 is 13.2 Å². The summed E-state index contributed by atoms with van der Waals surface area (Å²) in [5, 5.41) is 6.78. The molecule has 2 aromatic heterocycles. The van der Waals surface area contributed by atoms with Crippen LogP contribution in [-0.4, -0.2) is 53.9 Å². The van der Waals surface area contributed by atoms with Crippen LogP contribution in [0.4, 0.5) is 0 Å². The number of nitrogens with zero attached hydrogens (tertiary/aromatic N) is 3. The number of piperidine rings is 1. The minimum absolute atomic E-state index is 0.514. The van der Waals surface area contributed by atoms with E-state index in [2.05, 4.69) is 15.2 Å². The van der Waals surface area contributed by atoms with Crippen molar-refractivity contribution in [1.29, 1.82) is 0 Å². The summed E-state index contributed by atoms with van der Waals surface area (Å²) in [6.07, 6.45) is 7.40. The van der Waals surface area contributed by atoms with Gasteiger partial charge in [-0.3, -0.25) is 10.1 Å². The van der Waals surface area contributed by atoms with Gasteiger partial charge >= 0.3 is 0 Å². The van der Waals surface area contributed by atoms with E-state index in [0.717, 1.165) is 36.4 Å². The van der Waals surface area contributed by atoms with Gasteiger partial charge in [0.15, 0.2) is 0 Å². The van der Waals surface area contributed by atoms with E-state index in [1.54, 1.807) is 16.7 Å². The number of hydrogen-bond donors (Lipinski definition) is 1. The van der Waals surface area contributed by atoms with Gasteiger partial charge in [-0.1, -0.05) is 0 Å². The summed E-state index contributed by atoms with van der Waals surface area (Å²) < 4.78 is 30.3. The molecule has 7 nitrogen and oxygen atoms in total. The Balaban J connectivity index is 1.42. The zero-order chi connectivity index (χ0) is 17.0. The molecule has 0 spiro atoms. The van der Waals surface area contributed by atoms with Crippen molar-refractivity contribution in [3.8, 4) is 17.1 Å². The number of sulfonamides is 1. The summed E-state index contributed by atoms with van der Waals surface area (Å²) in [5.41, 5.74) is 1.70. The van der Waals surface area contributed by atoms with Gasteiger partial charge < -0.3 is 4.74 Å². The Hall–Kier alpha value is -1.93. The van der Waals surface area contributed by atoms with Crippen molar-refractivity contribution in [2.45, 2.75) is 19.3 Å². The molecule has 0 unspecified atom stereocenters. The highest BCUT2D eigenvalue weighted by molar-refractivity contribution is 7.88. The number of ether oxygens (including phenoxy) is 1. The van der Waals surface area contributed by atoms with E-state index in [0.29, 0.717) is 25.6 Å². The standard InChI is InChI=1S/C16H22N4O3S/c1-24(21,22)20-9-5-13(6-10-20)7-11-23-14-2-3-15(17-12-14)16-4-8-18-19-16/h2-4,8,12-13H,5-7,9-11H2,1H3,(H,18,19). The van der Waals surface area contributed by atoms with Crippen LogP contribution in [0, 0.1) is 5.92 Å². The van der Waals surface area contributed by atoms with Crippen LogP contribution in [-0.2, 0) is 10.0 Å². The topological polar surface area (TPSA) is 88.2 Å². The second kappa shape index (κ2) is 7.31. The average molecular weight is 350 g/mol. The Labute approximate surface area is 142 Å². The van der Waals surface area contributed by atoms with E-state index in [1.165, 1.54) is 6.26 Å². The fraction of sp³-hybridized carbons (Fsp3) is 0.500. The first-order chi connectivity index (χ1) is 11.5. The molecule has 8 heteroatoms. The monoisotopic (exact) mass is 350 g/mol. The van der Waals surface area contributed by atoms with Crippen LogP contribution in [0.5, 0.6) is 5.75 Å². The number of rotatable bonds is 6. The smallest absolute Gasteiger partial charge is 0.211 e. The van der Waals surface area contributed by atoms with E-state index < -0.39 is 10.0 Å². The predicted molar refractivity (Wildman–Crippen MR) is 91.1 cm³/mol. The SMILES string of the molecule is CS(=O)(=O)N1CCC(CCOc2ccc(-c3ccn[nH]3)nc2)CC1. The van der Waals surface area contributed by atoms with Gasteiger partial charge in [0.2, 0.25) is 10.0 Å². The number of H-pyrrole nitrogens is 1. The zero-order valence-corrected chi connectivity index (χ0v) is 14.5. The third-order valence-electron chi connectivity index (χ3n) is 4.35.